The highest BCUT2D eigenvalue weighted by Crippen LogP contribution is 2.36. The maximum Gasteiger partial charge on any atom is 0.258 e. The van der Waals surface area contributed by atoms with Gasteiger partial charge in [-0.15, -0.1) is 0 Å². The van der Waals surface area contributed by atoms with Gasteiger partial charge in [0, 0.05) is 28.7 Å². The molecule has 1 saturated heterocycles. The molecular weight excluding hydrogens is 348 g/mol. The largest absolute Gasteiger partial charge is 0.464 e. The van der Waals surface area contributed by atoms with Crippen LogP contribution in [0.2, 0.25) is 0 Å². The van der Waals surface area contributed by atoms with E-state index in [4.69, 9.17) is 4.42 Å². The third-order valence-electron chi connectivity index (χ3n) is 5.96. The van der Waals surface area contributed by atoms with Crippen LogP contribution in [0, 0.1) is 0 Å². The molecule has 4 heteroatoms. The van der Waals surface area contributed by atoms with Crippen molar-refractivity contribution in [2.45, 2.75) is 32.6 Å². The number of hydrogen-bond donors (Lipinski definition) is 0. The molecule has 4 rings (SSSR count). The van der Waals surface area contributed by atoms with Gasteiger partial charge >= 0.3 is 0 Å². The fourth-order valence-corrected chi connectivity index (χ4v) is 4.26. The van der Waals surface area contributed by atoms with E-state index in [2.05, 4.69) is 17.9 Å². The molecular formula is C24H28N2O2. The van der Waals surface area contributed by atoms with Gasteiger partial charge in [0.15, 0.2) is 0 Å². The number of rotatable bonds is 5. The van der Waals surface area contributed by atoms with Gasteiger partial charge in [0.1, 0.15) is 5.58 Å². The van der Waals surface area contributed by atoms with Gasteiger partial charge in [-0.1, -0.05) is 25.1 Å². The van der Waals surface area contributed by atoms with Gasteiger partial charge in [-0.25, -0.2) is 0 Å². The number of fused-ring (bicyclic) bond motifs is 1. The van der Waals surface area contributed by atoms with E-state index >= 15 is 0 Å². The molecule has 4 nitrogen and oxygen atoms in total. The summed E-state index contributed by atoms with van der Waals surface area (Å²) in [6.45, 7) is 8.27. The van der Waals surface area contributed by atoms with Crippen molar-refractivity contribution in [3.8, 4) is 0 Å². The zero-order valence-electron chi connectivity index (χ0n) is 16.7. The summed E-state index contributed by atoms with van der Waals surface area (Å²) in [6, 6.07) is 15.6. The first-order valence-corrected chi connectivity index (χ1v) is 10.3. The summed E-state index contributed by atoms with van der Waals surface area (Å²) >= 11 is 0. The summed E-state index contributed by atoms with van der Waals surface area (Å²) in [5, 5.41) is 1.15. The number of piperidine rings is 1. The zero-order chi connectivity index (χ0) is 19.5. The lowest BCUT2D eigenvalue weighted by atomic mass is 9.89. The SMILES string of the molecule is CCN1CCC(c2coc3ccc(N(CC)C(=O)c4ccccc4)cc23)CC1. The Morgan fingerprint density at radius 3 is 2.54 bits per heavy atom. The highest BCUT2D eigenvalue weighted by Gasteiger charge is 2.24. The number of furan rings is 1. The summed E-state index contributed by atoms with van der Waals surface area (Å²) in [6.07, 6.45) is 4.25. The van der Waals surface area contributed by atoms with Gasteiger partial charge in [0.05, 0.1) is 6.26 Å². The Morgan fingerprint density at radius 1 is 1.11 bits per heavy atom. The van der Waals surface area contributed by atoms with Crippen molar-refractivity contribution >= 4 is 22.6 Å². The molecule has 0 spiro atoms. The molecule has 146 valence electrons. The molecule has 1 aliphatic rings. The third-order valence-corrected chi connectivity index (χ3v) is 5.96. The molecule has 0 saturated carbocycles. The molecule has 1 aliphatic heterocycles. The Kier molecular flexibility index (Phi) is 5.49. The normalized spacial score (nSPS) is 15.8. The molecule has 2 heterocycles. The van der Waals surface area contributed by atoms with Crippen LogP contribution in [0.1, 0.15) is 48.5 Å². The second kappa shape index (κ2) is 8.19. The van der Waals surface area contributed by atoms with Crippen molar-refractivity contribution in [2.24, 2.45) is 0 Å². The smallest absolute Gasteiger partial charge is 0.258 e. The van der Waals surface area contributed by atoms with Gasteiger partial charge in [-0.2, -0.15) is 0 Å². The number of carbonyl (C=O) groups excluding carboxylic acids is 1. The van der Waals surface area contributed by atoms with Crippen LogP contribution in [0.25, 0.3) is 11.0 Å². The molecule has 1 amide bonds. The lowest BCUT2D eigenvalue weighted by Crippen LogP contribution is -2.32. The fraction of sp³-hybridized carbons (Fsp3) is 0.375. The molecule has 0 atom stereocenters. The number of benzene rings is 2. The molecule has 1 fully saturated rings. The molecule has 0 N–H and O–H groups in total. The van der Waals surface area contributed by atoms with Gasteiger partial charge in [-0.3, -0.25) is 4.79 Å². The van der Waals surface area contributed by atoms with Gasteiger partial charge in [-0.05, 0) is 75.6 Å². The molecule has 0 aliphatic carbocycles. The van der Waals surface area contributed by atoms with Crippen LogP contribution < -0.4 is 4.90 Å². The van der Waals surface area contributed by atoms with Crippen LogP contribution in [0.4, 0.5) is 5.69 Å². The van der Waals surface area contributed by atoms with E-state index in [1.165, 1.54) is 5.56 Å². The molecule has 0 radical (unpaired) electrons. The second-order valence-corrected chi connectivity index (χ2v) is 7.50. The van der Waals surface area contributed by atoms with Crippen molar-refractivity contribution < 1.29 is 9.21 Å². The maximum absolute atomic E-state index is 13.0. The predicted octanol–water partition coefficient (Wildman–Crippen LogP) is 5.30. The number of anilines is 1. The summed E-state index contributed by atoms with van der Waals surface area (Å²) < 4.78 is 5.85. The minimum atomic E-state index is 0.0312. The van der Waals surface area contributed by atoms with E-state index in [1.807, 2.05) is 60.6 Å². The van der Waals surface area contributed by atoms with E-state index in [-0.39, 0.29) is 5.91 Å². The average molecular weight is 377 g/mol. The Bertz CT molecular complexity index is 940. The average Bonchev–Trinajstić information content (AvgIpc) is 3.18. The van der Waals surface area contributed by atoms with Gasteiger partial charge in [0.2, 0.25) is 0 Å². The Balaban J connectivity index is 1.64. The van der Waals surface area contributed by atoms with E-state index in [0.29, 0.717) is 18.0 Å². The monoisotopic (exact) mass is 376 g/mol. The first-order chi connectivity index (χ1) is 13.7. The molecule has 2 aromatic carbocycles. The van der Waals surface area contributed by atoms with Crippen LogP contribution in [0.3, 0.4) is 0 Å². The number of nitrogens with zero attached hydrogens (tertiary/aromatic N) is 2. The lowest BCUT2D eigenvalue weighted by Gasteiger charge is -2.30. The van der Waals surface area contributed by atoms with Crippen LogP contribution in [-0.4, -0.2) is 37.0 Å². The van der Waals surface area contributed by atoms with E-state index in [9.17, 15) is 4.79 Å². The van der Waals surface area contributed by atoms with E-state index in [1.54, 1.807) is 0 Å². The van der Waals surface area contributed by atoms with Crippen LogP contribution in [-0.2, 0) is 0 Å². The minimum absolute atomic E-state index is 0.0312. The highest BCUT2D eigenvalue weighted by molar-refractivity contribution is 6.06. The van der Waals surface area contributed by atoms with Crippen molar-refractivity contribution in [3.63, 3.8) is 0 Å². The summed E-state index contributed by atoms with van der Waals surface area (Å²) in [5.74, 6) is 0.558. The topological polar surface area (TPSA) is 36.7 Å². The fourth-order valence-electron chi connectivity index (χ4n) is 4.26. The Labute approximate surface area is 166 Å². The predicted molar refractivity (Wildman–Crippen MR) is 114 cm³/mol. The Hall–Kier alpha value is -2.59. The molecule has 0 bridgehead atoms. The number of amides is 1. The highest BCUT2D eigenvalue weighted by atomic mass is 16.3. The summed E-state index contributed by atoms with van der Waals surface area (Å²) in [4.78, 5) is 17.3. The molecule has 3 aromatic rings. The van der Waals surface area contributed by atoms with Crippen LogP contribution >= 0.6 is 0 Å². The summed E-state index contributed by atoms with van der Waals surface area (Å²) in [7, 11) is 0. The van der Waals surface area contributed by atoms with Crippen LogP contribution in [0.15, 0.2) is 59.2 Å². The molecule has 0 unspecified atom stereocenters. The Morgan fingerprint density at radius 2 is 1.86 bits per heavy atom. The van der Waals surface area contributed by atoms with E-state index < -0.39 is 0 Å². The zero-order valence-corrected chi connectivity index (χ0v) is 16.7. The van der Waals surface area contributed by atoms with Crippen molar-refractivity contribution in [1.82, 2.24) is 4.90 Å². The minimum Gasteiger partial charge on any atom is -0.464 e. The van der Waals surface area contributed by atoms with Crippen LogP contribution in [0.5, 0.6) is 0 Å². The first kappa shape index (κ1) is 18.8. The van der Waals surface area contributed by atoms with Gasteiger partial charge < -0.3 is 14.2 Å². The number of carbonyl (C=O) groups is 1. The van der Waals surface area contributed by atoms with Crippen molar-refractivity contribution in [2.75, 3.05) is 31.1 Å². The second-order valence-electron chi connectivity index (χ2n) is 7.50. The quantitative estimate of drug-likeness (QED) is 0.606. The van der Waals surface area contributed by atoms with Gasteiger partial charge in [0.25, 0.3) is 5.91 Å². The lowest BCUT2D eigenvalue weighted by molar-refractivity contribution is 0.0988. The first-order valence-electron chi connectivity index (χ1n) is 10.3. The number of likely N-dealkylation sites (tertiary alicyclic amines) is 1. The molecule has 1 aromatic heterocycles. The number of hydrogen-bond acceptors (Lipinski definition) is 3. The van der Waals surface area contributed by atoms with Crippen molar-refractivity contribution in [1.29, 1.82) is 0 Å². The standard InChI is InChI=1S/C24H28N2O2/c1-3-25-14-12-18(13-15-25)22-17-28-23-11-10-20(16-21(22)23)26(4-2)24(27)19-8-6-5-7-9-19/h5-11,16-18H,3-4,12-15H2,1-2H3. The molecule has 28 heavy (non-hydrogen) atoms. The van der Waals surface area contributed by atoms with Crippen molar-refractivity contribution in [3.05, 3.63) is 65.9 Å². The summed E-state index contributed by atoms with van der Waals surface area (Å²) in [5.41, 5.74) is 3.83. The maximum atomic E-state index is 13.0. The third kappa shape index (κ3) is 3.57. The van der Waals surface area contributed by atoms with E-state index in [0.717, 1.165) is 49.1 Å².